The lowest BCUT2D eigenvalue weighted by atomic mass is 9.77. The summed E-state index contributed by atoms with van der Waals surface area (Å²) >= 11 is 0. The van der Waals surface area contributed by atoms with Crippen LogP contribution in [0.4, 0.5) is 0 Å². The van der Waals surface area contributed by atoms with Gasteiger partial charge in [0.1, 0.15) is 0 Å². The summed E-state index contributed by atoms with van der Waals surface area (Å²) in [6.07, 6.45) is 3.58. The molecule has 0 spiro atoms. The Labute approximate surface area is 177 Å². The number of fused-ring (bicyclic) bond motifs is 3. The van der Waals surface area contributed by atoms with Gasteiger partial charge in [0.05, 0.1) is 0 Å². The fourth-order valence-corrected chi connectivity index (χ4v) is 5.20. The fourth-order valence-electron chi connectivity index (χ4n) is 5.20. The van der Waals surface area contributed by atoms with Crippen LogP contribution in [-0.2, 0) is 5.41 Å². The average Bonchev–Trinajstić information content (AvgIpc) is 3.18. The summed E-state index contributed by atoms with van der Waals surface area (Å²) in [5.41, 5.74) is 12.4. The smallest absolute Gasteiger partial charge is 0.0165 e. The average molecular weight is 385 g/mol. The van der Waals surface area contributed by atoms with Crippen molar-refractivity contribution in [1.29, 1.82) is 0 Å². The van der Waals surface area contributed by atoms with Crippen molar-refractivity contribution in [3.63, 3.8) is 0 Å². The molecule has 2 aromatic carbocycles. The van der Waals surface area contributed by atoms with Crippen LogP contribution < -0.4 is 0 Å². The highest BCUT2D eigenvalue weighted by Gasteiger charge is 2.36. The summed E-state index contributed by atoms with van der Waals surface area (Å²) in [5, 5.41) is 0. The molecule has 2 atom stereocenters. The summed E-state index contributed by atoms with van der Waals surface area (Å²) in [7, 11) is 0. The fraction of sp³-hybridized carbons (Fsp3) is 0.448. The van der Waals surface area contributed by atoms with E-state index < -0.39 is 0 Å². The molecule has 0 aromatic heterocycles. The standard InChI is InChI=1S/C29H36/c1-18-15-21(29(6,7)8)17-25(18)19(2)27-23-12-10-9-11-22(23)26-16-20(28(3,4)5)13-14-24(26)27/h9-16,19,27H,17H2,1-8H3. The Balaban J connectivity index is 1.78. The lowest BCUT2D eigenvalue weighted by Crippen LogP contribution is -2.15. The van der Waals surface area contributed by atoms with Gasteiger partial charge < -0.3 is 0 Å². The quantitative estimate of drug-likeness (QED) is 0.487. The van der Waals surface area contributed by atoms with Gasteiger partial charge in [-0.05, 0) is 57.9 Å². The van der Waals surface area contributed by atoms with Gasteiger partial charge in [0, 0.05) is 5.92 Å². The van der Waals surface area contributed by atoms with Crippen LogP contribution in [0.2, 0.25) is 0 Å². The van der Waals surface area contributed by atoms with E-state index in [0.29, 0.717) is 11.8 Å². The van der Waals surface area contributed by atoms with Crippen LogP contribution in [0.3, 0.4) is 0 Å². The minimum atomic E-state index is 0.170. The van der Waals surface area contributed by atoms with Gasteiger partial charge in [0.2, 0.25) is 0 Å². The van der Waals surface area contributed by atoms with Crippen molar-refractivity contribution in [3.05, 3.63) is 82.0 Å². The summed E-state index contributed by atoms with van der Waals surface area (Å²) in [5.74, 6) is 0.960. The molecule has 152 valence electrons. The second kappa shape index (κ2) is 6.73. The number of benzene rings is 2. The number of rotatable bonds is 2. The Hall–Kier alpha value is -2.08. The first-order valence-corrected chi connectivity index (χ1v) is 11.1. The zero-order chi connectivity index (χ0) is 21.1. The Bertz CT molecular complexity index is 1010. The van der Waals surface area contributed by atoms with Crippen LogP contribution in [0.5, 0.6) is 0 Å². The third-order valence-corrected chi connectivity index (χ3v) is 7.13. The van der Waals surface area contributed by atoms with Crippen LogP contribution in [0.15, 0.2) is 65.3 Å². The van der Waals surface area contributed by atoms with Gasteiger partial charge in [-0.25, -0.2) is 0 Å². The second-order valence-corrected chi connectivity index (χ2v) is 11.2. The molecule has 0 aliphatic heterocycles. The first-order chi connectivity index (χ1) is 13.5. The molecule has 2 aliphatic carbocycles. The van der Waals surface area contributed by atoms with Crippen LogP contribution in [-0.4, -0.2) is 0 Å². The van der Waals surface area contributed by atoms with E-state index in [1.165, 1.54) is 33.4 Å². The maximum absolute atomic E-state index is 2.45. The third kappa shape index (κ3) is 3.41. The molecule has 0 N–H and O–H groups in total. The Morgan fingerprint density at radius 3 is 2.10 bits per heavy atom. The van der Waals surface area contributed by atoms with E-state index in [1.54, 1.807) is 11.1 Å². The zero-order valence-electron chi connectivity index (χ0n) is 19.5. The number of hydrogen-bond acceptors (Lipinski definition) is 0. The normalized spacial score (nSPS) is 19.9. The molecule has 29 heavy (non-hydrogen) atoms. The van der Waals surface area contributed by atoms with Crippen LogP contribution in [0, 0.1) is 11.3 Å². The van der Waals surface area contributed by atoms with E-state index in [-0.39, 0.29) is 10.8 Å². The predicted octanol–water partition coefficient (Wildman–Crippen LogP) is 8.43. The van der Waals surface area contributed by atoms with Crippen molar-refractivity contribution in [2.24, 2.45) is 11.3 Å². The summed E-state index contributed by atoms with van der Waals surface area (Å²) in [6.45, 7) is 18.7. The van der Waals surface area contributed by atoms with Crippen molar-refractivity contribution in [2.75, 3.05) is 0 Å². The van der Waals surface area contributed by atoms with E-state index in [9.17, 15) is 0 Å². The van der Waals surface area contributed by atoms with E-state index in [4.69, 9.17) is 0 Å². The van der Waals surface area contributed by atoms with Crippen LogP contribution in [0.25, 0.3) is 11.1 Å². The van der Waals surface area contributed by atoms with Gasteiger partial charge in [0.25, 0.3) is 0 Å². The van der Waals surface area contributed by atoms with Crippen LogP contribution >= 0.6 is 0 Å². The molecule has 0 bridgehead atoms. The highest BCUT2D eigenvalue weighted by Crippen LogP contribution is 2.53. The first kappa shape index (κ1) is 20.2. The van der Waals surface area contributed by atoms with Gasteiger partial charge >= 0.3 is 0 Å². The van der Waals surface area contributed by atoms with Crippen LogP contribution in [0.1, 0.15) is 84.4 Å². The summed E-state index contributed by atoms with van der Waals surface area (Å²) in [6, 6.07) is 16.3. The van der Waals surface area contributed by atoms with E-state index >= 15 is 0 Å². The van der Waals surface area contributed by atoms with Crippen molar-refractivity contribution >= 4 is 0 Å². The minimum Gasteiger partial charge on any atom is -0.0619 e. The second-order valence-electron chi connectivity index (χ2n) is 11.2. The van der Waals surface area contributed by atoms with Crippen molar-refractivity contribution in [2.45, 2.75) is 73.1 Å². The van der Waals surface area contributed by atoms with Gasteiger partial charge in [0.15, 0.2) is 0 Å². The molecule has 4 rings (SSSR count). The van der Waals surface area contributed by atoms with E-state index in [0.717, 1.165) is 6.42 Å². The molecule has 0 fully saturated rings. The molecule has 0 saturated heterocycles. The van der Waals surface area contributed by atoms with Crippen molar-refractivity contribution in [1.82, 2.24) is 0 Å². The topological polar surface area (TPSA) is 0 Å². The molecule has 2 unspecified atom stereocenters. The highest BCUT2D eigenvalue weighted by molar-refractivity contribution is 5.80. The molecular formula is C29H36. The summed E-state index contributed by atoms with van der Waals surface area (Å²) in [4.78, 5) is 0. The Kier molecular flexibility index (Phi) is 4.69. The molecule has 0 heteroatoms. The molecule has 2 aromatic rings. The monoisotopic (exact) mass is 384 g/mol. The van der Waals surface area contributed by atoms with Gasteiger partial charge in [-0.2, -0.15) is 0 Å². The van der Waals surface area contributed by atoms with Gasteiger partial charge in [-0.15, -0.1) is 0 Å². The maximum atomic E-state index is 2.45. The number of hydrogen-bond donors (Lipinski definition) is 0. The Morgan fingerprint density at radius 2 is 1.48 bits per heavy atom. The SMILES string of the molecule is CC1=C(C(C)C2c3ccccc3-c3cc(C(C)(C)C)ccc32)CC(C(C)(C)C)=C1. The molecule has 0 saturated carbocycles. The largest absolute Gasteiger partial charge is 0.0619 e. The summed E-state index contributed by atoms with van der Waals surface area (Å²) < 4.78 is 0. The molecule has 0 radical (unpaired) electrons. The molecule has 0 heterocycles. The molecule has 0 amide bonds. The highest BCUT2D eigenvalue weighted by atomic mass is 14.4. The zero-order valence-corrected chi connectivity index (χ0v) is 19.5. The Morgan fingerprint density at radius 1 is 0.828 bits per heavy atom. The molecule has 0 nitrogen and oxygen atoms in total. The van der Waals surface area contributed by atoms with E-state index in [1.807, 2.05) is 0 Å². The van der Waals surface area contributed by atoms with Gasteiger partial charge in [-0.3, -0.25) is 0 Å². The lowest BCUT2D eigenvalue weighted by molar-refractivity contribution is 0.484. The van der Waals surface area contributed by atoms with Gasteiger partial charge in [-0.1, -0.05) is 114 Å². The van der Waals surface area contributed by atoms with Crippen molar-refractivity contribution in [3.8, 4) is 11.1 Å². The first-order valence-electron chi connectivity index (χ1n) is 11.1. The maximum Gasteiger partial charge on any atom is 0.0165 e. The predicted molar refractivity (Wildman–Crippen MR) is 126 cm³/mol. The number of allylic oxidation sites excluding steroid dienone is 4. The molecule has 2 aliphatic rings. The van der Waals surface area contributed by atoms with E-state index in [2.05, 4.69) is 104 Å². The third-order valence-electron chi connectivity index (χ3n) is 7.13. The van der Waals surface area contributed by atoms with Crippen molar-refractivity contribution < 1.29 is 0 Å². The lowest BCUT2D eigenvalue weighted by Gasteiger charge is -2.27. The molecular weight excluding hydrogens is 348 g/mol. The minimum absolute atomic E-state index is 0.170.